The molecule has 1 aromatic rings. The highest BCUT2D eigenvalue weighted by Crippen LogP contribution is 2.14. The standard InChI is InChI=1S/C8H10O3/c1-7(10-11-9)8-5-3-2-4-6-8/h2-7,9H,1H3. The second-order valence-corrected chi connectivity index (χ2v) is 2.22. The molecule has 0 saturated carbocycles. The first-order valence-corrected chi connectivity index (χ1v) is 3.36. The molecule has 3 heteroatoms. The fourth-order valence-corrected chi connectivity index (χ4v) is 0.844. The summed E-state index contributed by atoms with van der Waals surface area (Å²) in [4.78, 5) is 4.48. The zero-order valence-corrected chi connectivity index (χ0v) is 6.23. The fourth-order valence-electron chi connectivity index (χ4n) is 0.844. The maximum absolute atomic E-state index is 7.98. The molecule has 0 fully saturated rings. The molecular formula is C8H10O3. The molecule has 0 aliphatic rings. The maximum Gasteiger partial charge on any atom is 0.118 e. The van der Waals surface area contributed by atoms with Crippen molar-refractivity contribution in [2.24, 2.45) is 0 Å². The van der Waals surface area contributed by atoms with E-state index in [-0.39, 0.29) is 6.10 Å². The highest BCUT2D eigenvalue weighted by molar-refractivity contribution is 5.16. The van der Waals surface area contributed by atoms with E-state index in [0.29, 0.717) is 0 Å². The van der Waals surface area contributed by atoms with Gasteiger partial charge in [0, 0.05) is 0 Å². The predicted molar refractivity (Wildman–Crippen MR) is 39.7 cm³/mol. The molecule has 11 heavy (non-hydrogen) atoms. The van der Waals surface area contributed by atoms with Gasteiger partial charge < -0.3 is 0 Å². The summed E-state index contributed by atoms with van der Waals surface area (Å²) in [6, 6.07) is 9.49. The molecule has 1 rings (SSSR count). The minimum Gasteiger partial charge on any atom is -0.221 e. The van der Waals surface area contributed by atoms with E-state index in [1.54, 1.807) is 6.92 Å². The summed E-state index contributed by atoms with van der Waals surface area (Å²) < 4.78 is 0. The van der Waals surface area contributed by atoms with Crippen LogP contribution >= 0.6 is 0 Å². The van der Waals surface area contributed by atoms with E-state index in [1.807, 2.05) is 30.3 Å². The lowest BCUT2D eigenvalue weighted by molar-refractivity contribution is -0.506. The molecule has 0 aromatic heterocycles. The Hall–Kier alpha value is -0.900. The van der Waals surface area contributed by atoms with Crippen LogP contribution in [0.5, 0.6) is 0 Å². The minimum atomic E-state index is -0.249. The van der Waals surface area contributed by atoms with E-state index in [2.05, 4.69) is 9.93 Å². The Balaban J connectivity index is 2.61. The van der Waals surface area contributed by atoms with Crippen LogP contribution in [0.4, 0.5) is 0 Å². The summed E-state index contributed by atoms with van der Waals surface area (Å²) in [6.07, 6.45) is -0.249. The van der Waals surface area contributed by atoms with Crippen LogP contribution in [0.1, 0.15) is 18.6 Å². The van der Waals surface area contributed by atoms with Gasteiger partial charge in [-0.05, 0) is 12.5 Å². The molecule has 0 radical (unpaired) electrons. The molecule has 3 nitrogen and oxygen atoms in total. The van der Waals surface area contributed by atoms with Crippen LogP contribution in [0, 0.1) is 0 Å². The molecule has 0 spiro atoms. The minimum absolute atomic E-state index is 0.249. The molecule has 0 heterocycles. The summed E-state index contributed by atoms with van der Waals surface area (Å²) in [5, 5.41) is 11.5. The average molecular weight is 154 g/mol. The van der Waals surface area contributed by atoms with Crippen LogP contribution in [-0.2, 0) is 9.93 Å². The summed E-state index contributed by atoms with van der Waals surface area (Å²) in [5.41, 5.74) is 0.960. The van der Waals surface area contributed by atoms with Crippen LogP contribution in [0.25, 0.3) is 0 Å². The molecule has 0 amide bonds. The lowest BCUT2D eigenvalue weighted by atomic mass is 10.1. The number of hydrogen-bond acceptors (Lipinski definition) is 3. The summed E-state index contributed by atoms with van der Waals surface area (Å²) in [7, 11) is 0. The average Bonchev–Trinajstić information content (AvgIpc) is 2.07. The zero-order chi connectivity index (χ0) is 8.10. The maximum atomic E-state index is 7.98. The summed E-state index contributed by atoms with van der Waals surface area (Å²) in [5.74, 6) is 0. The first-order valence-electron chi connectivity index (χ1n) is 3.36. The Bertz CT molecular complexity index is 198. The van der Waals surface area contributed by atoms with Gasteiger partial charge in [-0.25, -0.2) is 5.26 Å². The molecule has 60 valence electrons. The molecule has 1 N–H and O–H groups in total. The van der Waals surface area contributed by atoms with Crippen LogP contribution in [0.2, 0.25) is 0 Å². The van der Waals surface area contributed by atoms with Crippen molar-refractivity contribution in [1.29, 1.82) is 0 Å². The molecule has 0 bridgehead atoms. The fraction of sp³-hybridized carbons (Fsp3) is 0.250. The smallest absolute Gasteiger partial charge is 0.118 e. The van der Waals surface area contributed by atoms with Gasteiger partial charge in [0.05, 0.1) is 0 Å². The monoisotopic (exact) mass is 154 g/mol. The molecule has 1 unspecified atom stereocenters. The Morgan fingerprint density at radius 3 is 2.45 bits per heavy atom. The Morgan fingerprint density at radius 1 is 1.27 bits per heavy atom. The van der Waals surface area contributed by atoms with E-state index >= 15 is 0 Å². The van der Waals surface area contributed by atoms with E-state index < -0.39 is 0 Å². The lowest BCUT2D eigenvalue weighted by Gasteiger charge is -2.07. The molecular weight excluding hydrogens is 144 g/mol. The van der Waals surface area contributed by atoms with Gasteiger partial charge in [-0.1, -0.05) is 35.4 Å². The van der Waals surface area contributed by atoms with Crippen molar-refractivity contribution in [2.75, 3.05) is 0 Å². The molecule has 0 aliphatic heterocycles. The van der Waals surface area contributed by atoms with Crippen molar-refractivity contribution >= 4 is 0 Å². The zero-order valence-electron chi connectivity index (χ0n) is 6.23. The van der Waals surface area contributed by atoms with Crippen LogP contribution < -0.4 is 0 Å². The summed E-state index contributed by atoms with van der Waals surface area (Å²) >= 11 is 0. The Kier molecular flexibility index (Phi) is 3.04. The molecule has 1 atom stereocenters. The van der Waals surface area contributed by atoms with E-state index in [9.17, 15) is 0 Å². The van der Waals surface area contributed by atoms with Gasteiger partial charge in [-0.3, -0.25) is 0 Å². The first kappa shape index (κ1) is 8.20. The van der Waals surface area contributed by atoms with Crippen LogP contribution in [-0.4, -0.2) is 5.26 Å². The van der Waals surface area contributed by atoms with Crippen LogP contribution in [0.3, 0.4) is 0 Å². The van der Waals surface area contributed by atoms with Crippen molar-refractivity contribution < 1.29 is 15.2 Å². The Labute approximate surface area is 65.0 Å². The van der Waals surface area contributed by atoms with Gasteiger partial charge in [-0.2, -0.15) is 4.89 Å². The van der Waals surface area contributed by atoms with Gasteiger partial charge in [0.1, 0.15) is 6.10 Å². The molecule has 1 aromatic carbocycles. The van der Waals surface area contributed by atoms with Crippen molar-refractivity contribution in [3.05, 3.63) is 35.9 Å². The van der Waals surface area contributed by atoms with Crippen molar-refractivity contribution in [1.82, 2.24) is 0 Å². The Morgan fingerprint density at radius 2 is 1.91 bits per heavy atom. The SMILES string of the molecule is CC(OOO)c1ccccc1. The topological polar surface area (TPSA) is 38.7 Å². The lowest BCUT2D eigenvalue weighted by Crippen LogP contribution is -1.98. The predicted octanol–water partition coefficient (Wildman–Crippen LogP) is 2.17. The number of hydrogen-bond donors (Lipinski definition) is 1. The highest BCUT2D eigenvalue weighted by atomic mass is 17.5. The van der Waals surface area contributed by atoms with Gasteiger partial charge in [0.25, 0.3) is 0 Å². The van der Waals surface area contributed by atoms with E-state index in [0.717, 1.165) is 5.56 Å². The molecule has 0 aliphatic carbocycles. The third-order valence-electron chi connectivity index (χ3n) is 1.46. The highest BCUT2D eigenvalue weighted by Gasteiger charge is 2.04. The molecule has 0 saturated heterocycles. The number of rotatable bonds is 3. The van der Waals surface area contributed by atoms with E-state index in [4.69, 9.17) is 5.26 Å². The first-order chi connectivity index (χ1) is 5.34. The number of benzene rings is 1. The van der Waals surface area contributed by atoms with Gasteiger partial charge >= 0.3 is 0 Å². The van der Waals surface area contributed by atoms with Crippen molar-refractivity contribution in [2.45, 2.75) is 13.0 Å². The van der Waals surface area contributed by atoms with Crippen molar-refractivity contribution in [3.8, 4) is 0 Å². The van der Waals surface area contributed by atoms with Crippen LogP contribution in [0.15, 0.2) is 30.3 Å². The third-order valence-corrected chi connectivity index (χ3v) is 1.46. The summed E-state index contributed by atoms with van der Waals surface area (Å²) in [6.45, 7) is 1.78. The second-order valence-electron chi connectivity index (χ2n) is 2.22. The quantitative estimate of drug-likeness (QED) is 0.535. The van der Waals surface area contributed by atoms with Crippen molar-refractivity contribution in [3.63, 3.8) is 0 Å². The second kappa shape index (κ2) is 4.08. The van der Waals surface area contributed by atoms with Gasteiger partial charge in [0.2, 0.25) is 0 Å². The third kappa shape index (κ3) is 2.31. The van der Waals surface area contributed by atoms with Gasteiger partial charge in [-0.15, -0.1) is 0 Å². The largest absolute Gasteiger partial charge is 0.221 e. The normalized spacial score (nSPS) is 12.9. The van der Waals surface area contributed by atoms with Gasteiger partial charge in [0.15, 0.2) is 0 Å². The van der Waals surface area contributed by atoms with E-state index in [1.165, 1.54) is 0 Å².